The maximum atomic E-state index is 10.7. The van der Waals surface area contributed by atoms with Crippen LogP contribution in [0.25, 0.3) is 0 Å². The van der Waals surface area contributed by atoms with Gasteiger partial charge in [0, 0.05) is 0 Å². The Morgan fingerprint density at radius 2 is 1.67 bits per heavy atom. The Labute approximate surface area is 109 Å². The minimum atomic E-state index is -0.725. The molecular formula is C13H25NO4. The Bertz CT molecular complexity index is 290. The number of esters is 1. The van der Waals surface area contributed by atoms with Crippen molar-refractivity contribution in [2.45, 2.75) is 46.6 Å². The number of hydrogen-bond donors (Lipinski definition) is 1. The zero-order valence-corrected chi connectivity index (χ0v) is 12.2. The predicted octanol–water partition coefficient (Wildman–Crippen LogP) is 2.64. The van der Waals surface area contributed by atoms with Gasteiger partial charge in [-0.1, -0.05) is 19.9 Å². The van der Waals surface area contributed by atoms with E-state index >= 15 is 0 Å². The van der Waals surface area contributed by atoms with Gasteiger partial charge in [-0.2, -0.15) is 0 Å². The number of hydrogen-bond acceptors (Lipinski definition) is 4. The average molecular weight is 259 g/mol. The highest BCUT2D eigenvalue weighted by atomic mass is 16.6. The van der Waals surface area contributed by atoms with E-state index in [1.807, 2.05) is 13.8 Å². The molecule has 2 N–H and O–H groups in total. The average Bonchev–Trinajstić information content (AvgIpc) is 2.14. The number of primary amides is 1. The van der Waals surface area contributed by atoms with E-state index in [0.717, 1.165) is 0 Å². The molecule has 0 unspecified atom stereocenters. The lowest BCUT2D eigenvalue weighted by Gasteiger charge is -2.16. The molecule has 5 nitrogen and oxygen atoms in total. The Morgan fingerprint density at radius 3 is 1.83 bits per heavy atom. The number of ether oxygens (including phenoxy) is 2. The molecule has 0 rings (SSSR count). The largest absolute Gasteiger partial charge is 0.469 e. The van der Waals surface area contributed by atoms with E-state index in [1.54, 1.807) is 26.8 Å². The molecule has 18 heavy (non-hydrogen) atoms. The second kappa shape index (κ2) is 7.74. The lowest BCUT2D eigenvalue weighted by atomic mass is 9.90. The molecule has 106 valence electrons. The predicted molar refractivity (Wildman–Crippen MR) is 71.0 cm³/mol. The molecule has 0 aliphatic heterocycles. The lowest BCUT2D eigenvalue weighted by molar-refractivity contribution is -0.142. The first-order valence-electron chi connectivity index (χ1n) is 5.62. The topological polar surface area (TPSA) is 78.6 Å². The maximum absolute atomic E-state index is 10.7. The fraction of sp³-hybridized carbons (Fsp3) is 0.692. The molecule has 0 atom stereocenters. The molecule has 0 heterocycles. The van der Waals surface area contributed by atoms with Crippen molar-refractivity contribution in [2.75, 3.05) is 7.11 Å². The summed E-state index contributed by atoms with van der Waals surface area (Å²) in [5, 5.41) is 0. The smallest absolute Gasteiger partial charge is 0.405 e. The molecule has 0 aromatic heterocycles. The quantitative estimate of drug-likeness (QED) is 0.624. The Morgan fingerprint density at radius 1 is 1.22 bits per heavy atom. The van der Waals surface area contributed by atoms with Gasteiger partial charge in [-0.15, -0.1) is 6.58 Å². The number of carbonyl (C=O) groups is 2. The summed E-state index contributed by atoms with van der Waals surface area (Å²) < 4.78 is 9.08. The van der Waals surface area contributed by atoms with Crippen LogP contribution in [-0.4, -0.2) is 24.8 Å². The molecule has 0 aliphatic carbocycles. The van der Waals surface area contributed by atoms with Gasteiger partial charge in [-0.3, -0.25) is 4.79 Å². The number of amides is 1. The van der Waals surface area contributed by atoms with Crippen LogP contribution in [0, 0.1) is 5.41 Å². The van der Waals surface area contributed by atoms with Crippen LogP contribution >= 0.6 is 0 Å². The van der Waals surface area contributed by atoms with Crippen molar-refractivity contribution in [3.63, 3.8) is 0 Å². The summed E-state index contributed by atoms with van der Waals surface area (Å²) in [6, 6.07) is 0. The highest BCUT2D eigenvalue weighted by molar-refractivity contribution is 5.70. The standard InChI is InChI=1S/C8H14O2.C5H11NO2/c1-5-8(2,3)6-7(9)10-4;1-5(2,3)8-4(6)7/h5H,1,6H2,2-4H3;1-3H3,(H2,6,7). The molecule has 0 aliphatic rings. The Kier molecular flexibility index (Phi) is 8.10. The molecule has 0 spiro atoms. The monoisotopic (exact) mass is 259 g/mol. The summed E-state index contributed by atoms with van der Waals surface area (Å²) >= 11 is 0. The fourth-order valence-corrected chi connectivity index (χ4v) is 0.818. The van der Waals surface area contributed by atoms with Crippen LogP contribution < -0.4 is 5.73 Å². The van der Waals surface area contributed by atoms with E-state index in [9.17, 15) is 9.59 Å². The van der Waals surface area contributed by atoms with Crippen molar-refractivity contribution < 1.29 is 19.1 Å². The maximum Gasteiger partial charge on any atom is 0.405 e. The molecule has 0 aromatic carbocycles. The van der Waals surface area contributed by atoms with Gasteiger partial charge in [-0.25, -0.2) is 4.79 Å². The van der Waals surface area contributed by atoms with Crippen molar-refractivity contribution >= 4 is 12.1 Å². The highest BCUT2D eigenvalue weighted by Gasteiger charge is 2.17. The molecule has 0 saturated heterocycles. The van der Waals surface area contributed by atoms with Gasteiger partial charge in [0.25, 0.3) is 0 Å². The number of nitrogens with two attached hydrogens (primary N) is 1. The van der Waals surface area contributed by atoms with Crippen molar-refractivity contribution in [2.24, 2.45) is 11.1 Å². The van der Waals surface area contributed by atoms with Crippen LogP contribution in [0.15, 0.2) is 12.7 Å². The first-order chi connectivity index (χ1) is 7.93. The van der Waals surface area contributed by atoms with Gasteiger partial charge in [0.15, 0.2) is 0 Å². The SMILES string of the molecule is C=CC(C)(C)CC(=O)OC.CC(C)(C)OC(N)=O. The second-order valence-electron chi connectivity index (χ2n) is 5.48. The minimum absolute atomic E-state index is 0.146. The van der Waals surface area contributed by atoms with E-state index in [1.165, 1.54) is 7.11 Å². The van der Waals surface area contributed by atoms with Gasteiger partial charge >= 0.3 is 12.1 Å². The molecule has 0 radical (unpaired) electrons. The number of allylic oxidation sites excluding steroid dienone is 1. The van der Waals surface area contributed by atoms with E-state index in [4.69, 9.17) is 5.73 Å². The highest BCUT2D eigenvalue weighted by Crippen LogP contribution is 2.21. The summed E-state index contributed by atoms with van der Waals surface area (Å²) in [5.74, 6) is -0.190. The third-order valence-electron chi connectivity index (χ3n) is 1.79. The molecule has 5 heteroatoms. The van der Waals surface area contributed by atoms with Crippen molar-refractivity contribution in [3.8, 4) is 0 Å². The molecular weight excluding hydrogens is 234 g/mol. The van der Waals surface area contributed by atoms with Crippen molar-refractivity contribution in [1.82, 2.24) is 0 Å². The van der Waals surface area contributed by atoms with Crippen LogP contribution in [0.5, 0.6) is 0 Å². The van der Waals surface area contributed by atoms with E-state index in [2.05, 4.69) is 16.1 Å². The zero-order chi connectivity index (χ0) is 15.0. The molecule has 0 aromatic rings. The summed E-state index contributed by atoms with van der Waals surface area (Å²) in [7, 11) is 1.39. The molecule has 0 fully saturated rings. The minimum Gasteiger partial charge on any atom is -0.469 e. The van der Waals surface area contributed by atoms with Crippen LogP contribution in [0.2, 0.25) is 0 Å². The number of carbonyl (C=O) groups excluding carboxylic acids is 2. The van der Waals surface area contributed by atoms with Gasteiger partial charge in [-0.05, 0) is 26.2 Å². The Hall–Kier alpha value is -1.52. The molecule has 1 amide bonds. The van der Waals surface area contributed by atoms with Gasteiger partial charge in [0.2, 0.25) is 0 Å². The lowest BCUT2D eigenvalue weighted by Crippen LogP contribution is -2.27. The van der Waals surface area contributed by atoms with Crippen LogP contribution in [-0.2, 0) is 14.3 Å². The Balaban J connectivity index is 0. The normalized spacial score (nSPS) is 10.8. The summed E-state index contributed by atoms with van der Waals surface area (Å²) in [5.41, 5.74) is 4.12. The van der Waals surface area contributed by atoms with E-state index in [0.29, 0.717) is 6.42 Å². The van der Waals surface area contributed by atoms with Crippen LogP contribution in [0.1, 0.15) is 41.0 Å². The summed E-state index contributed by atoms with van der Waals surface area (Å²) in [6.07, 6.45) is 1.43. The number of methoxy groups -OCH3 is 1. The first kappa shape index (κ1) is 18.8. The molecule has 0 bridgehead atoms. The van der Waals surface area contributed by atoms with Gasteiger partial charge in [0.1, 0.15) is 5.60 Å². The third kappa shape index (κ3) is 14.5. The number of rotatable bonds is 3. The van der Waals surface area contributed by atoms with Gasteiger partial charge in [0.05, 0.1) is 13.5 Å². The van der Waals surface area contributed by atoms with E-state index in [-0.39, 0.29) is 11.4 Å². The van der Waals surface area contributed by atoms with Crippen molar-refractivity contribution in [3.05, 3.63) is 12.7 Å². The molecule has 0 saturated carbocycles. The fourth-order valence-electron chi connectivity index (χ4n) is 0.818. The van der Waals surface area contributed by atoms with Crippen molar-refractivity contribution in [1.29, 1.82) is 0 Å². The van der Waals surface area contributed by atoms with E-state index < -0.39 is 11.7 Å². The summed E-state index contributed by atoms with van der Waals surface area (Å²) in [6.45, 7) is 12.8. The van der Waals surface area contributed by atoms with Crippen LogP contribution in [0.4, 0.5) is 4.79 Å². The summed E-state index contributed by atoms with van der Waals surface area (Å²) in [4.78, 5) is 20.7. The first-order valence-corrected chi connectivity index (χ1v) is 5.62. The zero-order valence-electron chi connectivity index (χ0n) is 12.2. The van der Waals surface area contributed by atoms with Gasteiger partial charge < -0.3 is 15.2 Å². The second-order valence-corrected chi connectivity index (χ2v) is 5.48. The third-order valence-corrected chi connectivity index (χ3v) is 1.79. The van der Waals surface area contributed by atoms with Crippen LogP contribution in [0.3, 0.4) is 0 Å².